The van der Waals surface area contributed by atoms with Gasteiger partial charge in [0.05, 0.1) is 5.69 Å². The molecule has 6 nitrogen and oxygen atoms in total. The van der Waals surface area contributed by atoms with Gasteiger partial charge < -0.3 is 10.6 Å². The zero-order valence-electron chi connectivity index (χ0n) is 12.5. The van der Waals surface area contributed by atoms with Crippen molar-refractivity contribution < 1.29 is 0 Å². The van der Waals surface area contributed by atoms with E-state index in [9.17, 15) is 0 Å². The molecule has 0 saturated carbocycles. The molecular weight excluding hydrogens is 252 g/mol. The SMILES string of the molecule is CNc1ncnc(NCCc2ccn(C)n2)c1C(C)C. The summed E-state index contributed by atoms with van der Waals surface area (Å²) in [6.45, 7) is 5.09. The molecular formula is C14H22N6. The first-order valence-electron chi connectivity index (χ1n) is 6.87. The number of aromatic nitrogens is 4. The molecule has 20 heavy (non-hydrogen) atoms. The Kier molecular flexibility index (Phi) is 4.55. The second kappa shape index (κ2) is 6.36. The van der Waals surface area contributed by atoms with Crippen LogP contribution in [0.5, 0.6) is 0 Å². The van der Waals surface area contributed by atoms with E-state index in [4.69, 9.17) is 0 Å². The van der Waals surface area contributed by atoms with Crippen LogP contribution in [0.15, 0.2) is 18.6 Å². The van der Waals surface area contributed by atoms with Crippen LogP contribution in [-0.4, -0.2) is 33.3 Å². The van der Waals surface area contributed by atoms with Crippen molar-refractivity contribution in [3.8, 4) is 0 Å². The zero-order chi connectivity index (χ0) is 14.5. The number of hydrogen-bond donors (Lipinski definition) is 2. The normalized spacial score (nSPS) is 10.8. The molecule has 0 aliphatic rings. The lowest BCUT2D eigenvalue weighted by atomic mass is 10.0. The highest BCUT2D eigenvalue weighted by molar-refractivity contribution is 5.58. The second-order valence-corrected chi connectivity index (χ2v) is 5.05. The molecule has 0 radical (unpaired) electrons. The third-order valence-corrected chi connectivity index (χ3v) is 3.14. The second-order valence-electron chi connectivity index (χ2n) is 5.05. The van der Waals surface area contributed by atoms with Gasteiger partial charge in [0.15, 0.2) is 0 Å². The van der Waals surface area contributed by atoms with Crippen LogP contribution in [0, 0.1) is 0 Å². The fourth-order valence-electron chi connectivity index (χ4n) is 2.19. The fourth-order valence-corrected chi connectivity index (χ4v) is 2.19. The minimum absolute atomic E-state index is 0.357. The van der Waals surface area contributed by atoms with E-state index in [0.29, 0.717) is 5.92 Å². The van der Waals surface area contributed by atoms with E-state index in [2.05, 4.69) is 39.5 Å². The van der Waals surface area contributed by atoms with E-state index in [0.717, 1.165) is 35.9 Å². The van der Waals surface area contributed by atoms with Crippen LogP contribution in [0.4, 0.5) is 11.6 Å². The number of hydrogen-bond acceptors (Lipinski definition) is 5. The Morgan fingerprint density at radius 3 is 2.60 bits per heavy atom. The summed E-state index contributed by atoms with van der Waals surface area (Å²) in [7, 11) is 3.81. The third kappa shape index (κ3) is 3.26. The molecule has 0 amide bonds. The van der Waals surface area contributed by atoms with Gasteiger partial charge in [-0.1, -0.05) is 13.8 Å². The number of nitrogens with one attached hydrogen (secondary N) is 2. The molecule has 0 fully saturated rings. The average Bonchev–Trinajstić information content (AvgIpc) is 2.83. The molecule has 6 heteroatoms. The lowest BCUT2D eigenvalue weighted by molar-refractivity contribution is 0.741. The summed E-state index contributed by atoms with van der Waals surface area (Å²) in [4.78, 5) is 8.63. The maximum Gasteiger partial charge on any atom is 0.134 e. The Hall–Kier alpha value is -2.11. The van der Waals surface area contributed by atoms with E-state index in [1.165, 1.54) is 0 Å². The van der Waals surface area contributed by atoms with Crippen molar-refractivity contribution in [2.75, 3.05) is 24.2 Å². The molecule has 0 aromatic carbocycles. The van der Waals surface area contributed by atoms with E-state index in [1.807, 2.05) is 31.0 Å². The predicted molar refractivity (Wildman–Crippen MR) is 81.1 cm³/mol. The lowest BCUT2D eigenvalue weighted by Gasteiger charge is -2.16. The van der Waals surface area contributed by atoms with Crippen LogP contribution < -0.4 is 10.6 Å². The standard InChI is InChI=1S/C14H22N6/c1-10(2)12-13(15-3)17-9-18-14(12)16-7-5-11-6-8-20(4)19-11/h6,8-10H,5,7H2,1-4H3,(H2,15,16,17,18). The summed E-state index contributed by atoms with van der Waals surface area (Å²) in [5, 5.41) is 10.9. The zero-order valence-corrected chi connectivity index (χ0v) is 12.5. The van der Waals surface area contributed by atoms with E-state index >= 15 is 0 Å². The van der Waals surface area contributed by atoms with Gasteiger partial charge in [-0.2, -0.15) is 5.10 Å². The monoisotopic (exact) mass is 274 g/mol. The van der Waals surface area contributed by atoms with Crippen LogP contribution in [0.2, 0.25) is 0 Å². The first kappa shape index (κ1) is 14.3. The molecule has 0 bridgehead atoms. The summed E-state index contributed by atoms with van der Waals surface area (Å²) < 4.78 is 1.82. The van der Waals surface area contributed by atoms with Gasteiger partial charge in [0.25, 0.3) is 0 Å². The average molecular weight is 274 g/mol. The summed E-state index contributed by atoms with van der Waals surface area (Å²) in [5.74, 6) is 2.14. The van der Waals surface area contributed by atoms with E-state index < -0.39 is 0 Å². The van der Waals surface area contributed by atoms with Gasteiger partial charge in [-0.25, -0.2) is 9.97 Å². The van der Waals surface area contributed by atoms with Crippen molar-refractivity contribution in [2.24, 2.45) is 7.05 Å². The molecule has 0 aliphatic heterocycles. The minimum Gasteiger partial charge on any atom is -0.373 e. The van der Waals surface area contributed by atoms with Crippen LogP contribution in [-0.2, 0) is 13.5 Å². The van der Waals surface area contributed by atoms with Crippen LogP contribution in [0.25, 0.3) is 0 Å². The Bertz CT molecular complexity index is 561. The maximum atomic E-state index is 4.36. The number of nitrogens with zero attached hydrogens (tertiary/aromatic N) is 4. The molecule has 2 heterocycles. The van der Waals surface area contributed by atoms with E-state index in [-0.39, 0.29) is 0 Å². The molecule has 2 aromatic rings. The van der Waals surface area contributed by atoms with Crippen molar-refractivity contribution in [1.29, 1.82) is 0 Å². The third-order valence-electron chi connectivity index (χ3n) is 3.14. The largest absolute Gasteiger partial charge is 0.373 e. The van der Waals surface area contributed by atoms with Crippen molar-refractivity contribution in [1.82, 2.24) is 19.7 Å². The fraction of sp³-hybridized carbons (Fsp3) is 0.500. The summed E-state index contributed by atoms with van der Waals surface area (Å²) in [5.41, 5.74) is 2.20. The minimum atomic E-state index is 0.357. The van der Waals surface area contributed by atoms with Gasteiger partial charge in [0, 0.05) is 38.8 Å². The summed E-state index contributed by atoms with van der Waals surface area (Å²) >= 11 is 0. The highest BCUT2D eigenvalue weighted by Gasteiger charge is 2.13. The van der Waals surface area contributed by atoms with Gasteiger partial charge in [-0.15, -0.1) is 0 Å². The maximum absolute atomic E-state index is 4.36. The lowest BCUT2D eigenvalue weighted by Crippen LogP contribution is -2.12. The molecule has 0 atom stereocenters. The molecule has 2 N–H and O–H groups in total. The quantitative estimate of drug-likeness (QED) is 0.843. The highest BCUT2D eigenvalue weighted by Crippen LogP contribution is 2.27. The molecule has 2 rings (SSSR count). The molecule has 0 aliphatic carbocycles. The molecule has 0 saturated heterocycles. The Labute approximate surface area is 119 Å². The van der Waals surface area contributed by atoms with Gasteiger partial charge in [0.2, 0.25) is 0 Å². The molecule has 108 valence electrons. The number of aryl methyl sites for hydroxylation is 1. The molecule has 2 aromatic heterocycles. The van der Waals surface area contributed by atoms with E-state index in [1.54, 1.807) is 6.33 Å². The topological polar surface area (TPSA) is 67.7 Å². The highest BCUT2D eigenvalue weighted by atomic mass is 15.2. The van der Waals surface area contributed by atoms with Crippen LogP contribution in [0.1, 0.15) is 31.0 Å². The summed E-state index contributed by atoms with van der Waals surface area (Å²) in [6, 6.07) is 2.03. The van der Waals surface area contributed by atoms with Crippen LogP contribution in [0.3, 0.4) is 0 Å². The van der Waals surface area contributed by atoms with Gasteiger partial charge in [0.1, 0.15) is 18.0 Å². The van der Waals surface area contributed by atoms with Gasteiger partial charge >= 0.3 is 0 Å². The Morgan fingerprint density at radius 2 is 2.00 bits per heavy atom. The number of rotatable bonds is 6. The first-order valence-corrected chi connectivity index (χ1v) is 6.87. The molecule has 0 unspecified atom stereocenters. The van der Waals surface area contributed by atoms with Crippen molar-refractivity contribution >= 4 is 11.6 Å². The Morgan fingerprint density at radius 1 is 1.25 bits per heavy atom. The van der Waals surface area contributed by atoms with Gasteiger partial charge in [-0.05, 0) is 12.0 Å². The Balaban J connectivity index is 2.05. The summed E-state index contributed by atoms with van der Waals surface area (Å²) in [6.07, 6.45) is 4.41. The van der Waals surface area contributed by atoms with Gasteiger partial charge in [-0.3, -0.25) is 4.68 Å². The number of anilines is 2. The van der Waals surface area contributed by atoms with Crippen molar-refractivity contribution in [2.45, 2.75) is 26.2 Å². The smallest absolute Gasteiger partial charge is 0.134 e. The van der Waals surface area contributed by atoms with Crippen LogP contribution >= 0.6 is 0 Å². The molecule has 0 spiro atoms. The first-order chi connectivity index (χ1) is 9.61. The predicted octanol–water partition coefficient (Wildman–Crippen LogP) is 2.03. The van der Waals surface area contributed by atoms with Crippen molar-refractivity contribution in [3.63, 3.8) is 0 Å². The van der Waals surface area contributed by atoms with Crippen molar-refractivity contribution in [3.05, 3.63) is 29.8 Å².